The summed E-state index contributed by atoms with van der Waals surface area (Å²) in [6.07, 6.45) is 7.40. The molecule has 0 radical (unpaired) electrons. The molecule has 0 spiro atoms. The van der Waals surface area contributed by atoms with Crippen LogP contribution in [0, 0.1) is 0 Å². The Morgan fingerprint density at radius 2 is 1.26 bits per heavy atom. The molecular weight excluding hydrogens is 434 g/mol. The Morgan fingerprint density at radius 3 is 1.69 bits per heavy atom. The van der Waals surface area contributed by atoms with Crippen LogP contribution in [-0.2, 0) is 19.7 Å². The van der Waals surface area contributed by atoms with E-state index in [1.54, 1.807) is 0 Å². The van der Waals surface area contributed by atoms with Crippen molar-refractivity contribution in [3.05, 3.63) is 120 Å². The summed E-state index contributed by atoms with van der Waals surface area (Å²) in [5.41, 5.74) is 1.38. The zero-order valence-corrected chi connectivity index (χ0v) is 20.5. The van der Waals surface area contributed by atoms with Gasteiger partial charge in [-0.1, -0.05) is 116 Å². The van der Waals surface area contributed by atoms with Gasteiger partial charge in [0.2, 0.25) is 5.91 Å². The largest absolute Gasteiger partial charge is 0.467 e. The summed E-state index contributed by atoms with van der Waals surface area (Å²) in [5.74, 6) is -0.671. The number of methoxy groups -OCH3 is 1. The van der Waals surface area contributed by atoms with Gasteiger partial charge in [0, 0.05) is 0 Å². The van der Waals surface area contributed by atoms with Crippen LogP contribution in [0.3, 0.4) is 0 Å². The molecule has 0 heterocycles. The third kappa shape index (κ3) is 6.27. The molecule has 4 nitrogen and oxygen atoms in total. The number of carbonyl (C=O) groups excluding carboxylic acids is 2. The zero-order chi connectivity index (χ0) is 24.9. The van der Waals surface area contributed by atoms with Gasteiger partial charge in [0.05, 0.1) is 7.11 Å². The minimum absolute atomic E-state index is 0.247. The molecule has 1 N–H and O–H groups in total. The highest BCUT2D eigenvalue weighted by atomic mass is 16.5. The van der Waals surface area contributed by atoms with E-state index in [0.29, 0.717) is 6.42 Å². The number of esters is 1. The Balaban J connectivity index is 2.00. The lowest BCUT2D eigenvalue weighted by atomic mass is 9.68. The van der Waals surface area contributed by atoms with Crippen molar-refractivity contribution in [3.63, 3.8) is 0 Å². The SMILES string of the molecule is C=CCCCCCC[C@@H](NC(=O)C(c1ccccc1)(c1ccccc1)c1ccccc1)C(=O)OC. The Hall–Kier alpha value is -3.66. The van der Waals surface area contributed by atoms with Gasteiger partial charge in [-0.3, -0.25) is 4.79 Å². The first-order valence-corrected chi connectivity index (χ1v) is 12.3. The third-order valence-corrected chi connectivity index (χ3v) is 6.40. The van der Waals surface area contributed by atoms with Gasteiger partial charge in [-0.15, -0.1) is 6.58 Å². The standard InChI is InChI=1S/C31H35NO3/c1-3-4-5-6-7-17-24-28(29(33)35-2)32-30(34)31(25-18-11-8-12-19-25,26-20-13-9-14-21-26)27-22-15-10-16-23-27/h3,8-16,18-23,28H,1,4-7,17,24H2,2H3,(H,32,34)/t28-/m1/s1. The van der Waals surface area contributed by atoms with Crippen LogP contribution >= 0.6 is 0 Å². The lowest BCUT2D eigenvalue weighted by Crippen LogP contribution is -2.52. The summed E-state index contributed by atoms with van der Waals surface area (Å²) in [6.45, 7) is 3.76. The molecule has 0 saturated carbocycles. The summed E-state index contributed by atoms with van der Waals surface area (Å²) in [7, 11) is 1.37. The van der Waals surface area contributed by atoms with Gasteiger partial charge in [-0.2, -0.15) is 0 Å². The van der Waals surface area contributed by atoms with Gasteiger partial charge >= 0.3 is 5.97 Å². The molecule has 3 aromatic carbocycles. The van der Waals surface area contributed by atoms with Crippen molar-refractivity contribution in [2.24, 2.45) is 0 Å². The summed E-state index contributed by atoms with van der Waals surface area (Å²) in [6, 6.07) is 28.5. The second kappa shape index (κ2) is 13.3. The number of carbonyl (C=O) groups is 2. The van der Waals surface area contributed by atoms with Crippen molar-refractivity contribution in [1.82, 2.24) is 5.32 Å². The first kappa shape index (κ1) is 26.0. The first-order chi connectivity index (χ1) is 17.1. The number of unbranched alkanes of at least 4 members (excludes halogenated alkanes) is 4. The third-order valence-electron chi connectivity index (χ3n) is 6.40. The fraction of sp³-hybridized carbons (Fsp3) is 0.290. The van der Waals surface area contributed by atoms with E-state index in [1.807, 2.05) is 97.1 Å². The van der Waals surface area contributed by atoms with E-state index in [2.05, 4.69) is 11.9 Å². The van der Waals surface area contributed by atoms with Crippen LogP contribution in [0.5, 0.6) is 0 Å². The van der Waals surface area contributed by atoms with Gasteiger partial charge < -0.3 is 10.1 Å². The maximum Gasteiger partial charge on any atom is 0.328 e. The van der Waals surface area contributed by atoms with Crippen LogP contribution in [0.25, 0.3) is 0 Å². The highest BCUT2D eigenvalue weighted by Gasteiger charge is 2.45. The quantitative estimate of drug-likeness (QED) is 0.140. The number of ether oxygens (including phenoxy) is 1. The molecule has 4 heteroatoms. The molecule has 0 aliphatic carbocycles. The highest BCUT2D eigenvalue weighted by molar-refractivity contribution is 5.98. The maximum atomic E-state index is 14.3. The van der Waals surface area contributed by atoms with Crippen LogP contribution in [-0.4, -0.2) is 25.0 Å². The number of rotatable bonds is 13. The van der Waals surface area contributed by atoms with E-state index in [0.717, 1.165) is 48.8 Å². The number of allylic oxidation sites excluding steroid dienone is 1. The summed E-state index contributed by atoms with van der Waals surface area (Å²) >= 11 is 0. The second-order valence-electron chi connectivity index (χ2n) is 8.68. The maximum absolute atomic E-state index is 14.3. The van der Waals surface area contributed by atoms with Gasteiger partial charge in [0.1, 0.15) is 11.5 Å². The predicted molar refractivity (Wildman–Crippen MR) is 141 cm³/mol. The van der Waals surface area contributed by atoms with Gasteiger partial charge in [0.25, 0.3) is 0 Å². The topological polar surface area (TPSA) is 55.4 Å². The smallest absolute Gasteiger partial charge is 0.328 e. The molecule has 0 fully saturated rings. The molecule has 3 rings (SSSR count). The molecule has 0 aliphatic heterocycles. The summed E-state index contributed by atoms with van der Waals surface area (Å²) < 4.78 is 5.07. The lowest BCUT2D eigenvalue weighted by Gasteiger charge is -2.35. The van der Waals surface area contributed by atoms with Crippen LogP contribution in [0.15, 0.2) is 104 Å². The van der Waals surface area contributed by atoms with Crippen molar-refractivity contribution in [2.45, 2.75) is 50.0 Å². The van der Waals surface area contributed by atoms with Gasteiger partial charge in [0.15, 0.2) is 0 Å². The van der Waals surface area contributed by atoms with Gasteiger partial charge in [-0.25, -0.2) is 4.79 Å². The average molecular weight is 470 g/mol. The summed E-state index contributed by atoms with van der Waals surface area (Å²) in [4.78, 5) is 27.0. The Labute approximate surface area is 209 Å². The van der Waals surface area contributed by atoms with Gasteiger partial charge in [-0.05, 0) is 36.0 Å². The van der Waals surface area contributed by atoms with E-state index < -0.39 is 17.4 Å². The molecule has 0 saturated heterocycles. The fourth-order valence-electron chi connectivity index (χ4n) is 4.61. The number of hydrogen-bond donors (Lipinski definition) is 1. The number of amides is 1. The minimum Gasteiger partial charge on any atom is -0.467 e. The number of hydrogen-bond acceptors (Lipinski definition) is 3. The van der Waals surface area contributed by atoms with Crippen LogP contribution in [0.4, 0.5) is 0 Å². The van der Waals surface area contributed by atoms with E-state index in [9.17, 15) is 9.59 Å². The lowest BCUT2D eigenvalue weighted by molar-refractivity contribution is -0.145. The van der Waals surface area contributed by atoms with Crippen LogP contribution in [0.1, 0.15) is 55.2 Å². The second-order valence-corrected chi connectivity index (χ2v) is 8.68. The van der Waals surface area contributed by atoms with E-state index in [1.165, 1.54) is 7.11 Å². The molecule has 1 amide bonds. The molecule has 0 aromatic heterocycles. The first-order valence-electron chi connectivity index (χ1n) is 12.3. The molecule has 0 bridgehead atoms. The Morgan fingerprint density at radius 1 is 0.800 bits per heavy atom. The molecular formula is C31H35NO3. The Kier molecular flexibility index (Phi) is 9.85. The monoisotopic (exact) mass is 469 g/mol. The fourth-order valence-corrected chi connectivity index (χ4v) is 4.61. The number of nitrogens with one attached hydrogen (secondary N) is 1. The molecule has 1 atom stereocenters. The molecule has 0 unspecified atom stereocenters. The predicted octanol–water partition coefficient (Wildman–Crippen LogP) is 6.21. The van der Waals surface area contributed by atoms with Crippen LogP contribution < -0.4 is 5.32 Å². The zero-order valence-electron chi connectivity index (χ0n) is 20.5. The highest BCUT2D eigenvalue weighted by Crippen LogP contribution is 2.39. The minimum atomic E-state index is -1.12. The van der Waals surface area contributed by atoms with E-state index >= 15 is 0 Å². The summed E-state index contributed by atoms with van der Waals surface area (Å²) in [5, 5.41) is 3.08. The van der Waals surface area contributed by atoms with Crippen molar-refractivity contribution in [1.29, 1.82) is 0 Å². The van der Waals surface area contributed by atoms with E-state index in [-0.39, 0.29) is 5.91 Å². The molecule has 3 aromatic rings. The molecule has 35 heavy (non-hydrogen) atoms. The Bertz CT molecular complexity index is 967. The van der Waals surface area contributed by atoms with Crippen molar-refractivity contribution < 1.29 is 14.3 Å². The molecule has 0 aliphatic rings. The normalized spacial score (nSPS) is 11.9. The molecule has 182 valence electrons. The van der Waals surface area contributed by atoms with Crippen LogP contribution in [0.2, 0.25) is 0 Å². The average Bonchev–Trinajstić information content (AvgIpc) is 2.92. The van der Waals surface area contributed by atoms with Crippen molar-refractivity contribution in [2.75, 3.05) is 7.11 Å². The van der Waals surface area contributed by atoms with Crippen molar-refractivity contribution in [3.8, 4) is 0 Å². The number of benzene rings is 3. The van der Waals surface area contributed by atoms with Crippen molar-refractivity contribution >= 4 is 11.9 Å². The van der Waals surface area contributed by atoms with E-state index in [4.69, 9.17) is 4.74 Å².